The Hall–Kier alpha value is -2.24. The zero-order valence-electron chi connectivity index (χ0n) is 11.3. The van der Waals surface area contributed by atoms with Gasteiger partial charge in [-0.05, 0) is 19.1 Å². The largest absolute Gasteiger partial charge is 0.490 e. The number of aromatic nitrogens is 2. The monoisotopic (exact) mass is 262 g/mol. The van der Waals surface area contributed by atoms with Crippen LogP contribution in [0.2, 0.25) is 0 Å². The third-order valence-electron chi connectivity index (χ3n) is 2.72. The number of nitrogens with zero attached hydrogens (tertiary/aromatic N) is 2. The second-order valence-electron chi connectivity index (χ2n) is 4.18. The third kappa shape index (κ3) is 3.15. The van der Waals surface area contributed by atoms with E-state index in [1.807, 2.05) is 12.1 Å². The summed E-state index contributed by atoms with van der Waals surface area (Å²) in [5.74, 6) is 2.87. The average molecular weight is 262 g/mol. The maximum Gasteiger partial charge on any atom is 0.204 e. The van der Waals surface area contributed by atoms with E-state index < -0.39 is 0 Å². The molecule has 6 nitrogen and oxygen atoms in total. The molecule has 2 rings (SSSR count). The van der Waals surface area contributed by atoms with Crippen LogP contribution in [-0.4, -0.2) is 30.2 Å². The van der Waals surface area contributed by atoms with Crippen LogP contribution in [0.3, 0.4) is 0 Å². The maximum atomic E-state index is 5.33. The van der Waals surface area contributed by atoms with E-state index in [1.54, 1.807) is 20.4 Å². The van der Waals surface area contributed by atoms with Gasteiger partial charge in [0.1, 0.15) is 12.1 Å². The molecule has 0 aliphatic carbocycles. The molecule has 0 bridgehead atoms. The molecule has 0 fully saturated rings. The summed E-state index contributed by atoms with van der Waals surface area (Å²) in [5.41, 5.74) is 0. The van der Waals surface area contributed by atoms with Crippen LogP contribution < -0.4 is 15.4 Å². The highest BCUT2D eigenvalue weighted by molar-refractivity contribution is 5.63. The van der Waals surface area contributed by atoms with E-state index in [1.165, 1.54) is 6.33 Å². The topological polar surface area (TPSA) is 72.2 Å². The predicted octanol–water partition coefficient (Wildman–Crippen LogP) is 2.16. The maximum absolute atomic E-state index is 5.33. The molecule has 102 valence electrons. The van der Waals surface area contributed by atoms with Gasteiger partial charge in [0.15, 0.2) is 11.6 Å². The van der Waals surface area contributed by atoms with Gasteiger partial charge in [0.05, 0.1) is 13.4 Å². The summed E-state index contributed by atoms with van der Waals surface area (Å²) in [6, 6.07) is 4.00. The van der Waals surface area contributed by atoms with Gasteiger partial charge in [-0.25, -0.2) is 9.97 Å². The molecule has 6 heteroatoms. The smallest absolute Gasteiger partial charge is 0.204 e. The first-order valence-corrected chi connectivity index (χ1v) is 6.10. The Morgan fingerprint density at radius 1 is 1.37 bits per heavy atom. The van der Waals surface area contributed by atoms with Gasteiger partial charge in [-0.3, -0.25) is 0 Å². The zero-order chi connectivity index (χ0) is 13.7. The van der Waals surface area contributed by atoms with Crippen LogP contribution in [0.4, 0.5) is 11.6 Å². The summed E-state index contributed by atoms with van der Waals surface area (Å²) in [6.45, 7) is 2.06. The molecule has 2 heterocycles. The first kappa shape index (κ1) is 13.2. The SMILES string of the molecule is CNc1ncnc(NC(C)Cc2ccco2)c1OC. The van der Waals surface area contributed by atoms with E-state index in [0.29, 0.717) is 17.4 Å². The summed E-state index contributed by atoms with van der Waals surface area (Å²) >= 11 is 0. The van der Waals surface area contributed by atoms with Crippen molar-refractivity contribution in [3.63, 3.8) is 0 Å². The molecular weight excluding hydrogens is 244 g/mol. The molecule has 19 heavy (non-hydrogen) atoms. The standard InChI is InChI=1S/C13H18N4O2/c1-9(7-10-5-4-6-19-10)17-13-11(18-3)12(14-2)15-8-16-13/h4-6,8-9H,7H2,1-3H3,(H2,14,15,16,17). The zero-order valence-corrected chi connectivity index (χ0v) is 11.3. The third-order valence-corrected chi connectivity index (χ3v) is 2.72. The van der Waals surface area contributed by atoms with Crippen molar-refractivity contribution in [1.82, 2.24) is 9.97 Å². The molecule has 0 aromatic carbocycles. The van der Waals surface area contributed by atoms with Gasteiger partial charge in [0.2, 0.25) is 5.75 Å². The molecule has 2 aromatic heterocycles. The number of anilines is 2. The Bertz CT molecular complexity index is 513. The van der Waals surface area contributed by atoms with E-state index in [2.05, 4.69) is 27.5 Å². The van der Waals surface area contributed by atoms with Crippen molar-refractivity contribution in [2.45, 2.75) is 19.4 Å². The van der Waals surface area contributed by atoms with Crippen molar-refractivity contribution in [3.8, 4) is 5.75 Å². The first-order chi connectivity index (χ1) is 9.24. The van der Waals surface area contributed by atoms with Crippen molar-refractivity contribution in [2.75, 3.05) is 24.8 Å². The van der Waals surface area contributed by atoms with Crippen molar-refractivity contribution >= 4 is 11.6 Å². The lowest BCUT2D eigenvalue weighted by Crippen LogP contribution is -2.19. The highest BCUT2D eigenvalue weighted by atomic mass is 16.5. The summed E-state index contributed by atoms with van der Waals surface area (Å²) < 4.78 is 10.7. The number of nitrogens with one attached hydrogen (secondary N) is 2. The van der Waals surface area contributed by atoms with Gasteiger partial charge in [0, 0.05) is 19.5 Å². The molecule has 0 aliphatic rings. The molecule has 0 saturated carbocycles. The molecule has 0 saturated heterocycles. The van der Waals surface area contributed by atoms with E-state index in [9.17, 15) is 0 Å². The normalized spacial score (nSPS) is 11.9. The van der Waals surface area contributed by atoms with Crippen LogP contribution in [0.1, 0.15) is 12.7 Å². The highest BCUT2D eigenvalue weighted by Gasteiger charge is 2.14. The van der Waals surface area contributed by atoms with Crippen molar-refractivity contribution in [2.24, 2.45) is 0 Å². The van der Waals surface area contributed by atoms with Crippen molar-refractivity contribution in [3.05, 3.63) is 30.5 Å². The molecule has 0 radical (unpaired) electrons. The van der Waals surface area contributed by atoms with Gasteiger partial charge in [0.25, 0.3) is 0 Å². The molecule has 0 spiro atoms. The Kier molecular flexibility index (Phi) is 4.22. The Balaban J connectivity index is 2.09. The Labute approximate surface area is 112 Å². The fraction of sp³-hybridized carbons (Fsp3) is 0.385. The minimum atomic E-state index is 0.166. The summed E-state index contributed by atoms with van der Waals surface area (Å²) in [4.78, 5) is 8.32. The van der Waals surface area contributed by atoms with Crippen LogP contribution in [0.25, 0.3) is 0 Å². The Morgan fingerprint density at radius 2 is 2.16 bits per heavy atom. The molecular formula is C13H18N4O2. The molecule has 1 atom stereocenters. The van der Waals surface area contributed by atoms with E-state index in [0.717, 1.165) is 12.2 Å². The molecule has 2 aromatic rings. The Morgan fingerprint density at radius 3 is 2.79 bits per heavy atom. The van der Waals surface area contributed by atoms with Gasteiger partial charge in [-0.15, -0.1) is 0 Å². The number of rotatable bonds is 6. The fourth-order valence-corrected chi connectivity index (χ4v) is 1.86. The molecule has 0 aliphatic heterocycles. The minimum Gasteiger partial charge on any atom is -0.490 e. The lowest BCUT2D eigenvalue weighted by molar-refractivity contribution is 0.414. The van der Waals surface area contributed by atoms with Crippen LogP contribution >= 0.6 is 0 Å². The average Bonchev–Trinajstić information content (AvgIpc) is 2.91. The van der Waals surface area contributed by atoms with Gasteiger partial charge >= 0.3 is 0 Å². The van der Waals surface area contributed by atoms with E-state index in [4.69, 9.17) is 9.15 Å². The number of ether oxygens (including phenoxy) is 1. The second-order valence-corrected chi connectivity index (χ2v) is 4.18. The molecule has 0 amide bonds. The molecule has 1 unspecified atom stereocenters. The number of methoxy groups -OCH3 is 1. The van der Waals surface area contributed by atoms with Crippen LogP contribution in [0.15, 0.2) is 29.1 Å². The van der Waals surface area contributed by atoms with E-state index >= 15 is 0 Å². The van der Waals surface area contributed by atoms with Crippen LogP contribution in [0, 0.1) is 0 Å². The first-order valence-electron chi connectivity index (χ1n) is 6.10. The number of hydrogen-bond donors (Lipinski definition) is 2. The quantitative estimate of drug-likeness (QED) is 0.831. The summed E-state index contributed by atoms with van der Waals surface area (Å²) in [7, 11) is 3.39. The number of furan rings is 1. The van der Waals surface area contributed by atoms with Gasteiger partial charge in [-0.2, -0.15) is 0 Å². The summed E-state index contributed by atoms with van der Waals surface area (Å²) in [6.07, 6.45) is 3.94. The molecule has 2 N–H and O–H groups in total. The fourth-order valence-electron chi connectivity index (χ4n) is 1.86. The highest BCUT2D eigenvalue weighted by Crippen LogP contribution is 2.29. The van der Waals surface area contributed by atoms with Crippen LogP contribution in [0.5, 0.6) is 5.75 Å². The predicted molar refractivity (Wildman–Crippen MR) is 73.6 cm³/mol. The summed E-state index contributed by atoms with van der Waals surface area (Å²) in [5, 5.41) is 6.27. The van der Waals surface area contributed by atoms with E-state index in [-0.39, 0.29) is 6.04 Å². The van der Waals surface area contributed by atoms with Gasteiger partial charge in [-0.1, -0.05) is 0 Å². The van der Waals surface area contributed by atoms with Crippen LogP contribution in [-0.2, 0) is 6.42 Å². The van der Waals surface area contributed by atoms with Gasteiger partial charge < -0.3 is 19.8 Å². The lowest BCUT2D eigenvalue weighted by Gasteiger charge is -2.16. The number of hydrogen-bond acceptors (Lipinski definition) is 6. The second kappa shape index (κ2) is 6.08. The minimum absolute atomic E-state index is 0.166. The van der Waals surface area contributed by atoms with Crippen molar-refractivity contribution in [1.29, 1.82) is 0 Å². The lowest BCUT2D eigenvalue weighted by atomic mass is 10.2. The van der Waals surface area contributed by atoms with Crippen molar-refractivity contribution < 1.29 is 9.15 Å².